The number of hydrogen-bond donors (Lipinski definition) is 0. The van der Waals surface area contributed by atoms with Crippen LogP contribution in [0.1, 0.15) is 11.1 Å². The number of carbonyl (C=O) groups is 1. The van der Waals surface area contributed by atoms with Gasteiger partial charge in [0.1, 0.15) is 0 Å². The van der Waals surface area contributed by atoms with Gasteiger partial charge in [-0.1, -0.05) is 72.8 Å². The van der Waals surface area contributed by atoms with Crippen LogP contribution in [0.4, 0.5) is 4.79 Å². The Hall–Kier alpha value is -2.59. The molecule has 26 heavy (non-hydrogen) atoms. The highest BCUT2D eigenvalue weighted by molar-refractivity contribution is 5.74. The summed E-state index contributed by atoms with van der Waals surface area (Å²) in [5.41, 5.74) is 2.39. The maximum absolute atomic E-state index is 12.6. The molecule has 0 bridgehead atoms. The van der Waals surface area contributed by atoms with Gasteiger partial charge in [-0.2, -0.15) is 0 Å². The van der Waals surface area contributed by atoms with E-state index >= 15 is 0 Å². The van der Waals surface area contributed by atoms with Crippen molar-refractivity contribution in [1.82, 2.24) is 14.7 Å². The van der Waals surface area contributed by atoms with E-state index in [0.29, 0.717) is 6.54 Å². The van der Waals surface area contributed by atoms with E-state index in [0.717, 1.165) is 38.3 Å². The largest absolute Gasteiger partial charge is 0.323 e. The molecule has 2 amide bonds. The van der Waals surface area contributed by atoms with Crippen molar-refractivity contribution in [1.29, 1.82) is 0 Å². The van der Waals surface area contributed by atoms with Crippen LogP contribution in [0, 0.1) is 0 Å². The number of nitrogens with zero attached hydrogens (tertiary/aromatic N) is 3. The third-order valence-corrected chi connectivity index (χ3v) is 4.71. The van der Waals surface area contributed by atoms with Gasteiger partial charge in [-0.05, 0) is 11.1 Å². The van der Waals surface area contributed by atoms with Crippen LogP contribution < -0.4 is 0 Å². The monoisotopic (exact) mass is 349 g/mol. The number of urea groups is 1. The van der Waals surface area contributed by atoms with Crippen molar-refractivity contribution in [3.63, 3.8) is 0 Å². The SMILES string of the molecule is CN(Cc1ccccc1)C(=O)N1CCN(C/C=C/c2ccccc2)CC1. The molecule has 1 fully saturated rings. The third kappa shape index (κ3) is 5.20. The molecule has 4 nitrogen and oxygen atoms in total. The highest BCUT2D eigenvalue weighted by Crippen LogP contribution is 2.09. The molecule has 136 valence electrons. The first-order valence-electron chi connectivity index (χ1n) is 9.20. The number of benzene rings is 2. The Morgan fingerprint density at radius 1 is 0.962 bits per heavy atom. The van der Waals surface area contributed by atoms with Crippen molar-refractivity contribution in [2.75, 3.05) is 39.8 Å². The average molecular weight is 349 g/mol. The summed E-state index contributed by atoms with van der Waals surface area (Å²) in [6.45, 7) is 5.00. The van der Waals surface area contributed by atoms with Gasteiger partial charge in [0.25, 0.3) is 0 Å². The molecular weight excluding hydrogens is 322 g/mol. The van der Waals surface area contributed by atoms with Gasteiger partial charge in [-0.15, -0.1) is 0 Å². The summed E-state index contributed by atoms with van der Waals surface area (Å²) in [6, 6.07) is 20.6. The van der Waals surface area contributed by atoms with Crippen molar-refractivity contribution < 1.29 is 4.79 Å². The molecular formula is C22H27N3O. The second kappa shape index (κ2) is 9.20. The lowest BCUT2D eigenvalue weighted by molar-refractivity contribution is 0.122. The van der Waals surface area contributed by atoms with E-state index in [1.165, 1.54) is 5.56 Å². The van der Waals surface area contributed by atoms with E-state index in [1.807, 2.05) is 36.2 Å². The van der Waals surface area contributed by atoms with Crippen molar-refractivity contribution >= 4 is 12.1 Å². The molecule has 0 saturated carbocycles. The first kappa shape index (κ1) is 18.2. The van der Waals surface area contributed by atoms with E-state index < -0.39 is 0 Å². The summed E-state index contributed by atoms with van der Waals surface area (Å²) >= 11 is 0. The van der Waals surface area contributed by atoms with Crippen molar-refractivity contribution in [3.8, 4) is 0 Å². The zero-order valence-electron chi connectivity index (χ0n) is 15.4. The lowest BCUT2D eigenvalue weighted by Crippen LogP contribution is -2.51. The fourth-order valence-corrected chi connectivity index (χ4v) is 3.19. The minimum absolute atomic E-state index is 0.119. The van der Waals surface area contributed by atoms with Crippen LogP contribution in [0.15, 0.2) is 66.7 Å². The Labute approximate surface area is 156 Å². The molecule has 0 N–H and O–H groups in total. The second-order valence-electron chi connectivity index (χ2n) is 6.72. The maximum Gasteiger partial charge on any atom is 0.320 e. The van der Waals surface area contributed by atoms with Gasteiger partial charge >= 0.3 is 6.03 Å². The quantitative estimate of drug-likeness (QED) is 0.825. The Bertz CT molecular complexity index is 707. The van der Waals surface area contributed by atoms with Crippen LogP contribution in [0.2, 0.25) is 0 Å². The third-order valence-electron chi connectivity index (χ3n) is 4.71. The fourth-order valence-electron chi connectivity index (χ4n) is 3.19. The lowest BCUT2D eigenvalue weighted by Gasteiger charge is -2.36. The van der Waals surface area contributed by atoms with Crippen molar-refractivity contribution in [2.45, 2.75) is 6.54 Å². The minimum Gasteiger partial charge on any atom is -0.323 e. The minimum atomic E-state index is 0.119. The van der Waals surface area contributed by atoms with Gasteiger partial charge in [0.05, 0.1) is 0 Å². The van der Waals surface area contributed by atoms with Crippen molar-refractivity contribution in [2.24, 2.45) is 0 Å². The average Bonchev–Trinajstić information content (AvgIpc) is 2.69. The van der Waals surface area contributed by atoms with E-state index in [4.69, 9.17) is 0 Å². The molecule has 0 spiro atoms. The molecule has 2 aromatic rings. The summed E-state index contributed by atoms with van der Waals surface area (Å²) in [4.78, 5) is 18.8. The lowest BCUT2D eigenvalue weighted by atomic mass is 10.2. The van der Waals surface area contributed by atoms with Gasteiger partial charge in [0, 0.05) is 46.3 Å². The Balaban J connectivity index is 1.42. The Morgan fingerprint density at radius 2 is 1.58 bits per heavy atom. The standard InChI is InChI=1S/C22H27N3O/c1-23(19-21-11-6-3-7-12-21)22(26)25-17-15-24(16-18-25)14-8-13-20-9-4-2-5-10-20/h2-13H,14-19H2,1H3/b13-8+. The van der Waals surface area contributed by atoms with Gasteiger partial charge < -0.3 is 9.80 Å². The van der Waals surface area contributed by atoms with Crippen LogP contribution in [0.5, 0.6) is 0 Å². The highest BCUT2D eigenvalue weighted by atomic mass is 16.2. The molecule has 4 heteroatoms. The van der Waals surface area contributed by atoms with Crippen LogP contribution in [0.3, 0.4) is 0 Å². The summed E-state index contributed by atoms with van der Waals surface area (Å²) < 4.78 is 0. The molecule has 1 saturated heterocycles. The molecule has 0 radical (unpaired) electrons. The molecule has 0 unspecified atom stereocenters. The fraction of sp³-hybridized carbons (Fsp3) is 0.318. The van der Waals surface area contributed by atoms with Gasteiger partial charge in [0.2, 0.25) is 0 Å². The van der Waals surface area contributed by atoms with Gasteiger partial charge in [0.15, 0.2) is 0 Å². The molecule has 3 rings (SSSR count). The topological polar surface area (TPSA) is 26.8 Å². The summed E-state index contributed by atoms with van der Waals surface area (Å²) in [5.74, 6) is 0. The molecule has 1 aliphatic heterocycles. The zero-order chi connectivity index (χ0) is 18.2. The molecule has 1 aliphatic rings. The summed E-state index contributed by atoms with van der Waals surface area (Å²) in [7, 11) is 1.88. The number of amides is 2. The first-order chi connectivity index (χ1) is 12.7. The van der Waals surface area contributed by atoms with Crippen molar-refractivity contribution in [3.05, 3.63) is 77.9 Å². The molecule has 0 aliphatic carbocycles. The summed E-state index contributed by atoms with van der Waals surface area (Å²) in [6.07, 6.45) is 4.36. The zero-order valence-corrected chi connectivity index (χ0v) is 15.4. The van der Waals surface area contributed by atoms with Gasteiger partial charge in [-0.25, -0.2) is 4.79 Å². The molecule has 0 atom stereocenters. The second-order valence-corrected chi connectivity index (χ2v) is 6.72. The molecule has 1 heterocycles. The smallest absolute Gasteiger partial charge is 0.320 e. The Morgan fingerprint density at radius 3 is 2.23 bits per heavy atom. The first-order valence-corrected chi connectivity index (χ1v) is 9.20. The van der Waals surface area contributed by atoms with E-state index in [2.05, 4.69) is 53.5 Å². The van der Waals surface area contributed by atoms with Gasteiger partial charge in [-0.3, -0.25) is 4.90 Å². The van der Waals surface area contributed by atoms with Crippen LogP contribution in [-0.2, 0) is 6.54 Å². The van der Waals surface area contributed by atoms with E-state index in [1.54, 1.807) is 4.90 Å². The normalized spacial score (nSPS) is 15.3. The highest BCUT2D eigenvalue weighted by Gasteiger charge is 2.22. The van der Waals surface area contributed by atoms with E-state index in [9.17, 15) is 4.79 Å². The molecule has 0 aromatic heterocycles. The summed E-state index contributed by atoms with van der Waals surface area (Å²) in [5, 5.41) is 0. The van der Waals surface area contributed by atoms with Crippen LogP contribution in [-0.4, -0.2) is 60.5 Å². The molecule has 2 aromatic carbocycles. The number of rotatable bonds is 5. The van der Waals surface area contributed by atoms with Crippen LogP contribution >= 0.6 is 0 Å². The maximum atomic E-state index is 12.6. The predicted molar refractivity (Wildman–Crippen MR) is 107 cm³/mol. The van der Waals surface area contributed by atoms with Crippen LogP contribution in [0.25, 0.3) is 6.08 Å². The Kier molecular flexibility index (Phi) is 6.45. The predicted octanol–water partition coefficient (Wildman–Crippen LogP) is 3.57. The van der Waals surface area contributed by atoms with E-state index in [-0.39, 0.29) is 6.03 Å². The number of carbonyl (C=O) groups excluding carboxylic acids is 1. The number of hydrogen-bond acceptors (Lipinski definition) is 2. The number of piperazine rings is 1.